The Kier molecular flexibility index (Phi) is 5.50. The van der Waals surface area contributed by atoms with E-state index >= 15 is 0 Å². The van der Waals surface area contributed by atoms with Crippen molar-refractivity contribution in [1.82, 2.24) is 0 Å². The van der Waals surface area contributed by atoms with Gasteiger partial charge < -0.3 is 15.2 Å². The molecule has 2 unspecified atom stereocenters. The van der Waals surface area contributed by atoms with E-state index in [4.69, 9.17) is 27.4 Å². The summed E-state index contributed by atoms with van der Waals surface area (Å²) in [6.45, 7) is 4.95. The van der Waals surface area contributed by atoms with Gasteiger partial charge in [-0.3, -0.25) is 0 Å². The summed E-state index contributed by atoms with van der Waals surface area (Å²) < 4.78 is 11.4. The van der Waals surface area contributed by atoms with Crippen molar-refractivity contribution in [3.8, 4) is 0 Å². The van der Waals surface area contributed by atoms with Crippen LogP contribution in [0.2, 0.25) is 0 Å². The fourth-order valence-electron chi connectivity index (χ4n) is 1.98. The SMILES string of the molecule is CC1CC(OCCCC(N)=S)CC(C)O1. The largest absolute Gasteiger partial charge is 0.393 e. The number of rotatable bonds is 5. The highest BCUT2D eigenvalue weighted by molar-refractivity contribution is 7.80. The fraction of sp³-hybridized carbons (Fsp3) is 0.909. The minimum absolute atomic E-state index is 0.314. The molecule has 1 aliphatic heterocycles. The van der Waals surface area contributed by atoms with E-state index in [1.807, 2.05) is 0 Å². The Bertz CT molecular complexity index is 201. The van der Waals surface area contributed by atoms with Crippen molar-refractivity contribution in [2.45, 2.75) is 57.8 Å². The molecule has 1 heterocycles. The fourth-order valence-corrected chi connectivity index (χ4v) is 2.12. The molecule has 1 fully saturated rings. The van der Waals surface area contributed by atoms with Gasteiger partial charge in [0.05, 0.1) is 23.3 Å². The van der Waals surface area contributed by atoms with E-state index < -0.39 is 0 Å². The van der Waals surface area contributed by atoms with Gasteiger partial charge in [-0.1, -0.05) is 12.2 Å². The van der Waals surface area contributed by atoms with Crippen molar-refractivity contribution in [1.29, 1.82) is 0 Å². The molecule has 0 bridgehead atoms. The van der Waals surface area contributed by atoms with Crippen molar-refractivity contribution in [2.24, 2.45) is 5.73 Å². The maximum atomic E-state index is 5.78. The zero-order valence-corrected chi connectivity index (χ0v) is 10.4. The number of hydrogen-bond acceptors (Lipinski definition) is 3. The van der Waals surface area contributed by atoms with Gasteiger partial charge in [0, 0.05) is 6.61 Å². The quantitative estimate of drug-likeness (QED) is 0.581. The van der Waals surface area contributed by atoms with Crippen LogP contribution in [-0.2, 0) is 9.47 Å². The summed E-state index contributed by atoms with van der Waals surface area (Å²) in [5.74, 6) is 0. The molecule has 0 radical (unpaired) electrons. The van der Waals surface area contributed by atoms with Crippen LogP contribution >= 0.6 is 12.2 Å². The first-order valence-corrected chi connectivity index (χ1v) is 6.04. The molecule has 88 valence electrons. The first kappa shape index (κ1) is 12.9. The Morgan fingerprint density at radius 1 is 1.40 bits per heavy atom. The minimum atomic E-state index is 0.314. The van der Waals surface area contributed by atoms with Crippen LogP contribution in [0, 0.1) is 0 Å². The summed E-state index contributed by atoms with van der Waals surface area (Å²) in [7, 11) is 0. The van der Waals surface area contributed by atoms with Crippen molar-refractivity contribution >= 4 is 17.2 Å². The summed E-state index contributed by atoms with van der Waals surface area (Å²) >= 11 is 4.81. The Hall–Kier alpha value is -0.190. The smallest absolute Gasteiger partial charge is 0.0728 e. The summed E-state index contributed by atoms with van der Waals surface area (Å²) in [5, 5.41) is 0. The summed E-state index contributed by atoms with van der Waals surface area (Å²) in [6.07, 6.45) is 4.67. The number of thiocarbonyl (C=S) groups is 1. The maximum absolute atomic E-state index is 5.78. The van der Waals surface area contributed by atoms with E-state index in [2.05, 4.69) is 13.8 Å². The number of nitrogens with two attached hydrogens (primary N) is 1. The predicted molar refractivity (Wildman–Crippen MR) is 65.0 cm³/mol. The molecule has 0 amide bonds. The molecule has 0 aliphatic carbocycles. The highest BCUT2D eigenvalue weighted by atomic mass is 32.1. The first-order valence-electron chi connectivity index (χ1n) is 5.63. The molecule has 0 aromatic heterocycles. The normalized spacial score (nSPS) is 31.5. The highest BCUT2D eigenvalue weighted by Gasteiger charge is 2.24. The lowest BCUT2D eigenvalue weighted by Gasteiger charge is -2.32. The average Bonchev–Trinajstić information content (AvgIpc) is 2.10. The van der Waals surface area contributed by atoms with E-state index in [-0.39, 0.29) is 0 Å². The zero-order valence-electron chi connectivity index (χ0n) is 9.57. The van der Waals surface area contributed by atoms with Gasteiger partial charge in [-0.2, -0.15) is 0 Å². The molecule has 4 heteroatoms. The molecule has 0 aromatic carbocycles. The van der Waals surface area contributed by atoms with Crippen LogP contribution in [-0.4, -0.2) is 29.9 Å². The summed E-state index contributed by atoms with van der Waals surface area (Å²) in [5.41, 5.74) is 5.41. The molecular weight excluding hydrogens is 210 g/mol. The topological polar surface area (TPSA) is 44.5 Å². The Morgan fingerprint density at radius 3 is 2.53 bits per heavy atom. The van der Waals surface area contributed by atoms with Crippen LogP contribution in [0.25, 0.3) is 0 Å². The molecule has 0 saturated carbocycles. The molecule has 1 rings (SSSR count). The molecule has 2 atom stereocenters. The second-order valence-electron chi connectivity index (χ2n) is 4.29. The van der Waals surface area contributed by atoms with Crippen molar-refractivity contribution in [3.63, 3.8) is 0 Å². The van der Waals surface area contributed by atoms with Gasteiger partial charge in [0.25, 0.3) is 0 Å². The van der Waals surface area contributed by atoms with Gasteiger partial charge in [-0.15, -0.1) is 0 Å². The minimum Gasteiger partial charge on any atom is -0.393 e. The predicted octanol–water partition coefficient (Wildman–Crippen LogP) is 2.03. The number of ether oxygens (including phenoxy) is 2. The van der Waals surface area contributed by atoms with Crippen LogP contribution in [0.15, 0.2) is 0 Å². The van der Waals surface area contributed by atoms with Gasteiger partial charge >= 0.3 is 0 Å². The van der Waals surface area contributed by atoms with E-state index in [9.17, 15) is 0 Å². The monoisotopic (exact) mass is 231 g/mol. The van der Waals surface area contributed by atoms with E-state index in [0.717, 1.165) is 32.3 Å². The highest BCUT2D eigenvalue weighted by Crippen LogP contribution is 2.21. The lowest BCUT2D eigenvalue weighted by Crippen LogP contribution is -2.34. The maximum Gasteiger partial charge on any atom is 0.0728 e. The molecular formula is C11H21NO2S. The second-order valence-corrected chi connectivity index (χ2v) is 4.82. The van der Waals surface area contributed by atoms with Gasteiger partial charge in [-0.25, -0.2) is 0 Å². The third-order valence-electron chi connectivity index (χ3n) is 2.58. The van der Waals surface area contributed by atoms with Crippen LogP contribution in [0.3, 0.4) is 0 Å². The van der Waals surface area contributed by atoms with Gasteiger partial charge in [0.2, 0.25) is 0 Å². The van der Waals surface area contributed by atoms with Crippen LogP contribution in [0.4, 0.5) is 0 Å². The third-order valence-corrected chi connectivity index (χ3v) is 2.78. The van der Waals surface area contributed by atoms with Gasteiger partial charge in [0.1, 0.15) is 0 Å². The van der Waals surface area contributed by atoms with Gasteiger partial charge in [0.15, 0.2) is 0 Å². The lowest BCUT2D eigenvalue weighted by molar-refractivity contribution is -0.102. The van der Waals surface area contributed by atoms with Crippen LogP contribution in [0.5, 0.6) is 0 Å². The van der Waals surface area contributed by atoms with E-state index in [1.54, 1.807) is 0 Å². The van der Waals surface area contributed by atoms with Crippen LogP contribution in [0.1, 0.15) is 39.5 Å². The van der Waals surface area contributed by atoms with Crippen molar-refractivity contribution < 1.29 is 9.47 Å². The van der Waals surface area contributed by atoms with Crippen molar-refractivity contribution in [2.75, 3.05) is 6.61 Å². The van der Waals surface area contributed by atoms with Crippen LogP contribution < -0.4 is 5.73 Å². The first-order chi connectivity index (χ1) is 7.08. The molecule has 15 heavy (non-hydrogen) atoms. The molecule has 1 aliphatic rings. The third kappa shape index (κ3) is 5.44. The van der Waals surface area contributed by atoms with E-state index in [0.29, 0.717) is 23.3 Å². The Morgan fingerprint density at radius 2 is 2.00 bits per heavy atom. The molecule has 3 nitrogen and oxygen atoms in total. The van der Waals surface area contributed by atoms with Crippen molar-refractivity contribution in [3.05, 3.63) is 0 Å². The standard InChI is InChI=1S/C11H21NO2S/c1-8-6-10(7-9(2)14-8)13-5-3-4-11(12)15/h8-10H,3-7H2,1-2H3,(H2,12,15). The Balaban J connectivity index is 2.12. The average molecular weight is 231 g/mol. The Labute approximate surface area is 97.3 Å². The molecule has 0 spiro atoms. The van der Waals surface area contributed by atoms with E-state index in [1.165, 1.54) is 0 Å². The lowest BCUT2D eigenvalue weighted by atomic mass is 10.0. The zero-order chi connectivity index (χ0) is 11.3. The summed E-state index contributed by atoms with van der Waals surface area (Å²) in [4.78, 5) is 0.576. The van der Waals surface area contributed by atoms with Gasteiger partial charge in [-0.05, 0) is 39.5 Å². The second kappa shape index (κ2) is 6.40. The molecule has 2 N–H and O–H groups in total. The molecule has 1 saturated heterocycles. The molecule has 0 aromatic rings. The number of hydrogen-bond donors (Lipinski definition) is 1. The summed E-state index contributed by atoms with van der Waals surface area (Å²) in [6, 6.07) is 0.